The molecule has 0 aliphatic carbocycles. The van der Waals surface area contributed by atoms with Crippen LogP contribution in [0.1, 0.15) is 27.7 Å². The largest absolute Gasteiger partial charge is 0.503 e. The lowest BCUT2D eigenvalue weighted by Crippen LogP contribution is -2.36. The van der Waals surface area contributed by atoms with E-state index in [9.17, 15) is 14.7 Å². The molecule has 0 fully saturated rings. The number of halogens is 1. The minimum Gasteiger partial charge on any atom is -0.503 e. The Bertz CT molecular complexity index is 1530. The van der Waals surface area contributed by atoms with Crippen molar-refractivity contribution in [1.82, 2.24) is 9.80 Å². The number of Topliss-reactive ketones (excluding diaryl/α,β-unsaturated/α-hetero) is 1. The number of carbonyl (C=O) groups excluding carboxylic acids is 2. The van der Waals surface area contributed by atoms with Gasteiger partial charge in [-0.2, -0.15) is 0 Å². The third kappa shape index (κ3) is 5.23. The van der Waals surface area contributed by atoms with Crippen LogP contribution in [0.3, 0.4) is 0 Å². The average molecular weight is 575 g/mol. The highest BCUT2D eigenvalue weighted by molar-refractivity contribution is 9.10. The van der Waals surface area contributed by atoms with Crippen LogP contribution in [-0.2, 0) is 11.4 Å². The van der Waals surface area contributed by atoms with Crippen molar-refractivity contribution >= 4 is 38.6 Å². The van der Waals surface area contributed by atoms with E-state index in [1.54, 1.807) is 12.1 Å². The highest BCUT2D eigenvalue weighted by Crippen LogP contribution is 2.40. The number of amides is 1. The fourth-order valence-corrected chi connectivity index (χ4v) is 4.92. The van der Waals surface area contributed by atoms with E-state index < -0.39 is 23.5 Å². The van der Waals surface area contributed by atoms with Gasteiger partial charge in [0.25, 0.3) is 5.91 Å². The van der Waals surface area contributed by atoms with Crippen molar-refractivity contribution in [3.05, 3.63) is 112 Å². The average Bonchev–Trinajstić information content (AvgIpc) is 3.45. The van der Waals surface area contributed by atoms with Crippen molar-refractivity contribution in [1.29, 1.82) is 0 Å². The van der Waals surface area contributed by atoms with Crippen LogP contribution in [-0.4, -0.2) is 53.8 Å². The number of furan rings is 1. The number of nitrogens with zero attached hydrogens (tertiary/aromatic N) is 2. The van der Waals surface area contributed by atoms with Gasteiger partial charge in [-0.3, -0.25) is 9.59 Å². The molecule has 0 saturated heterocycles. The molecule has 1 aliphatic rings. The maximum Gasteiger partial charge on any atom is 0.290 e. The van der Waals surface area contributed by atoms with Crippen molar-refractivity contribution < 1.29 is 23.8 Å². The van der Waals surface area contributed by atoms with Gasteiger partial charge in [0, 0.05) is 22.9 Å². The van der Waals surface area contributed by atoms with Gasteiger partial charge < -0.3 is 24.1 Å². The van der Waals surface area contributed by atoms with Crippen molar-refractivity contribution in [2.75, 3.05) is 27.2 Å². The minimum atomic E-state index is -0.796. The number of benzene rings is 3. The monoisotopic (exact) mass is 574 g/mol. The zero-order valence-electron chi connectivity index (χ0n) is 21.1. The lowest BCUT2D eigenvalue weighted by molar-refractivity contribution is -0.129. The maximum atomic E-state index is 13.8. The molecule has 1 amide bonds. The van der Waals surface area contributed by atoms with Gasteiger partial charge in [-0.1, -0.05) is 58.4 Å². The van der Waals surface area contributed by atoms with Crippen molar-refractivity contribution in [3.63, 3.8) is 0 Å². The number of aliphatic hydroxyl groups is 1. The van der Waals surface area contributed by atoms with Gasteiger partial charge >= 0.3 is 0 Å². The molecule has 5 rings (SSSR count). The lowest BCUT2D eigenvalue weighted by atomic mass is 9.95. The summed E-state index contributed by atoms with van der Waals surface area (Å²) >= 11 is 3.43. The number of aliphatic hydroxyl groups excluding tert-OH is 1. The molecule has 0 radical (unpaired) electrons. The maximum absolute atomic E-state index is 13.8. The standard InChI is InChI=1S/C30H27BrN2O5/c1-32(2)13-14-33-27(20-9-6-10-23(16-20)37-18-19-7-4-3-5-8-19)26(29(35)30(33)36)28(34)25-17-21-15-22(31)11-12-24(21)38-25/h3-12,15-17,27,35H,13-14,18H2,1-2H3. The van der Waals surface area contributed by atoms with Gasteiger partial charge in [-0.05, 0) is 61.6 Å². The Morgan fingerprint density at radius 1 is 1.05 bits per heavy atom. The summed E-state index contributed by atoms with van der Waals surface area (Å²) in [4.78, 5) is 30.5. The molecule has 1 N–H and O–H groups in total. The fourth-order valence-electron chi connectivity index (χ4n) is 4.54. The molecular weight excluding hydrogens is 548 g/mol. The Balaban J connectivity index is 1.51. The van der Waals surface area contributed by atoms with Gasteiger partial charge in [0.2, 0.25) is 5.78 Å². The van der Waals surface area contributed by atoms with Gasteiger partial charge in [0.05, 0.1) is 11.6 Å². The summed E-state index contributed by atoms with van der Waals surface area (Å²) in [6.07, 6.45) is 0. The molecule has 8 heteroatoms. The molecular formula is C30H27BrN2O5. The van der Waals surface area contributed by atoms with Crippen LogP contribution in [0.2, 0.25) is 0 Å². The predicted molar refractivity (Wildman–Crippen MR) is 148 cm³/mol. The highest BCUT2D eigenvalue weighted by Gasteiger charge is 2.44. The summed E-state index contributed by atoms with van der Waals surface area (Å²) in [5.74, 6) is -1.02. The van der Waals surface area contributed by atoms with Crippen LogP contribution in [0, 0.1) is 0 Å². The number of ether oxygens (including phenoxy) is 1. The second-order valence-electron chi connectivity index (χ2n) is 9.44. The third-order valence-electron chi connectivity index (χ3n) is 6.46. The topological polar surface area (TPSA) is 83.2 Å². The third-order valence-corrected chi connectivity index (χ3v) is 6.95. The Hall–Kier alpha value is -3.88. The fraction of sp³-hybridized carbons (Fsp3) is 0.200. The van der Waals surface area contributed by atoms with Crippen LogP contribution in [0.4, 0.5) is 0 Å². The molecule has 2 heterocycles. The van der Waals surface area contributed by atoms with E-state index in [1.165, 1.54) is 4.90 Å². The van der Waals surface area contributed by atoms with E-state index in [0.29, 0.717) is 36.6 Å². The van der Waals surface area contributed by atoms with Crippen LogP contribution < -0.4 is 4.74 Å². The molecule has 1 aliphatic heterocycles. The molecule has 38 heavy (non-hydrogen) atoms. The van der Waals surface area contributed by atoms with Gasteiger partial charge in [0.1, 0.15) is 17.9 Å². The lowest BCUT2D eigenvalue weighted by Gasteiger charge is -2.28. The Labute approximate surface area is 229 Å². The molecule has 0 spiro atoms. The van der Waals surface area contributed by atoms with Gasteiger partial charge in [-0.25, -0.2) is 0 Å². The number of hydrogen-bond acceptors (Lipinski definition) is 6. The van der Waals surface area contributed by atoms with Crippen molar-refractivity contribution in [3.8, 4) is 5.75 Å². The zero-order valence-corrected chi connectivity index (χ0v) is 22.6. The number of rotatable bonds is 9. The summed E-state index contributed by atoms with van der Waals surface area (Å²) in [7, 11) is 3.80. The second-order valence-corrected chi connectivity index (χ2v) is 10.4. The SMILES string of the molecule is CN(C)CCN1C(=O)C(O)=C(C(=O)c2cc3cc(Br)ccc3o2)C1c1cccc(OCc2ccccc2)c1. The summed E-state index contributed by atoms with van der Waals surface area (Å²) in [6.45, 7) is 1.25. The van der Waals surface area contributed by atoms with Gasteiger partial charge in [0.15, 0.2) is 11.5 Å². The molecule has 3 aromatic carbocycles. The van der Waals surface area contributed by atoms with E-state index in [4.69, 9.17) is 9.15 Å². The molecule has 7 nitrogen and oxygen atoms in total. The van der Waals surface area contributed by atoms with Crippen LogP contribution in [0.25, 0.3) is 11.0 Å². The van der Waals surface area contributed by atoms with Gasteiger partial charge in [-0.15, -0.1) is 0 Å². The molecule has 0 saturated carbocycles. The Morgan fingerprint density at radius 3 is 2.61 bits per heavy atom. The molecule has 1 aromatic heterocycles. The molecule has 194 valence electrons. The summed E-state index contributed by atoms with van der Waals surface area (Å²) in [6, 6.07) is 23.4. The first kappa shape index (κ1) is 25.8. The van der Waals surface area contributed by atoms with Crippen LogP contribution in [0.5, 0.6) is 5.75 Å². The number of ketones is 1. The number of fused-ring (bicyclic) bond motifs is 1. The first-order chi connectivity index (χ1) is 18.3. The zero-order chi connectivity index (χ0) is 26.8. The Morgan fingerprint density at radius 2 is 1.84 bits per heavy atom. The number of hydrogen-bond donors (Lipinski definition) is 1. The molecule has 1 atom stereocenters. The molecule has 1 unspecified atom stereocenters. The first-order valence-electron chi connectivity index (χ1n) is 12.2. The second kappa shape index (κ2) is 10.8. The molecule has 0 bridgehead atoms. The quantitative estimate of drug-likeness (QED) is 0.250. The van der Waals surface area contributed by atoms with Crippen LogP contribution >= 0.6 is 15.9 Å². The normalized spacial score (nSPS) is 15.6. The van der Waals surface area contributed by atoms with E-state index in [-0.39, 0.29) is 11.3 Å². The van der Waals surface area contributed by atoms with E-state index >= 15 is 0 Å². The van der Waals surface area contributed by atoms with E-state index in [0.717, 1.165) is 15.4 Å². The van der Waals surface area contributed by atoms with E-state index in [2.05, 4.69) is 15.9 Å². The summed E-state index contributed by atoms with van der Waals surface area (Å²) < 4.78 is 12.7. The summed E-state index contributed by atoms with van der Waals surface area (Å²) in [5, 5.41) is 11.7. The first-order valence-corrected chi connectivity index (χ1v) is 13.0. The minimum absolute atomic E-state index is 0.00733. The Kier molecular flexibility index (Phi) is 7.35. The van der Waals surface area contributed by atoms with Crippen LogP contribution in [0.15, 0.2) is 99.1 Å². The highest BCUT2D eigenvalue weighted by atomic mass is 79.9. The van der Waals surface area contributed by atoms with Crippen molar-refractivity contribution in [2.24, 2.45) is 0 Å². The smallest absolute Gasteiger partial charge is 0.290 e. The number of carbonyl (C=O) groups is 2. The number of likely N-dealkylation sites (N-methyl/N-ethyl adjacent to an activating group) is 1. The molecule has 4 aromatic rings. The predicted octanol–water partition coefficient (Wildman–Crippen LogP) is 5.91. The van der Waals surface area contributed by atoms with Crippen molar-refractivity contribution in [2.45, 2.75) is 12.6 Å². The summed E-state index contributed by atoms with van der Waals surface area (Å²) in [5.41, 5.74) is 2.21. The van der Waals surface area contributed by atoms with E-state index in [1.807, 2.05) is 85.7 Å².